The number of nitrogens with zero attached hydrogens (tertiary/aromatic N) is 5. The summed E-state index contributed by atoms with van der Waals surface area (Å²) in [5.41, 5.74) is 7.46. The van der Waals surface area contributed by atoms with Crippen molar-refractivity contribution in [3.63, 3.8) is 0 Å². The van der Waals surface area contributed by atoms with Gasteiger partial charge >= 0.3 is 0 Å². The Balaban J connectivity index is 1.86. The molecule has 2 N–H and O–H groups in total. The van der Waals surface area contributed by atoms with Crippen molar-refractivity contribution in [3.05, 3.63) is 36.2 Å². The number of amides is 1. The lowest BCUT2D eigenvalue weighted by molar-refractivity contribution is 0.0584. The quantitative estimate of drug-likeness (QED) is 0.913. The van der Waals surface area contributed by atoms with Crippen molar-refractivity contribution >= 4 is 5.91 Å². The Morgan fingerprint density at radius 1 is 1.41 bits per heavy atom. The van der Waals surface area contributed by atoms with Gasteiger partial charge in [0.15, 0.2) is 0 Å². The molecule has 7 heteroatoms. The number of carbonyl (C=O) groups is 1. The molecule has 0 spiro atoms. The first-order valence-corrected chi connectivity index (χ1v) is 7.57. The molecule has 2 atom stereocenters. The predicted octanol–water partition coefficient (Wildman–Crippen LogP) is 1.00. The third kappa shape index (κ3) is 2.85. The standard InChI is InChI=1S/C15H20N6O/c1-11(16)14-7-2-3-8-20(14)15(22)12-5-4-6-13(9-12)21-10-17-18-19-21/h4-6,9-11,14H,2-3,7-8,16H2,1H3. The fourth-order valence-corrected chi connectivity index (χ4v) is 2.98. The van der Waals surface area contributed by atoms with E-state index in [0.29, 0.717) is 5.56 Å². The van der Waals surface area contributed by atoms with Crippen LogP contribution in [0.4, 0.5) is 0 Å². The van der Waals surface area contributed by atoms with Gasteiger partial charge in [0.1, 0.15) is 6.33 Å². The molecule has 2 heterocycles. The fraction of sp³-hybridized carbons (Fsp3) is 0.467. The molecule has 3 rings (SSSR count). The van der Waals surface area contributed by atoms with Crippen molar-refractivity contribution in [3.8, 4) is 5.69 Å². The minimum atomic E-state index is -0.0213. The second-order valence-corrected chi connectivity index (χ2v) is 5.73. The van der Waals surface area contributed by atoms with Crippen molar-refractivity contribution < 1.29 is 4.79 Å². The summed E-state index contributed by atoms with van der Waals surface area (Å²) in [5, 5.41) is 11.1. The van der Waals surface area contributed by atoms with Crippen molar-refractivity contribution in [1.82, 2.24) is 25.1 Å². The monoisotopic (exact) mass is 300 g/mol. The maximum Gasteiger partial charge on any atom is 0.254 e. The number of carbonyl (C=O) groups excluding carboxylic acids is 1. The van der Waals surface area contributed by atoms with Gasteiger partial charge in [-0.2, -0.15) is 0 Å². The van der Waals surface area contributed by atoms with Gasteiger partial charge in [-0.15, -0.1) is 5.10 Å². The lowest BCUT2D eigenvalue weighted by Gasteiger charge is -2.38. The van der Waals surface area contributed by atoms with Crippen molar-refractivity contribution in [2.24, 2.45) is 5.73 Å². The first-order chi connectivity index (χ1) is 10.7. The molecule has 1 aromatic heterocycles. The largest absolute Gasteiger partial charge is 0.334 e. The summed E-state index contributed by atoms with van der Waals surface area (Å²) >= 11 is 0. The molecule has 1 saturated heterocycles. The molecule has 7 nitrogen and oxygen atoms in total. The Hall–Kier alpha value is -2.28. The normalized spacial score (nSPS) is 19.9. The molecule has 0 saturated carbocycles. The van der Waals surface area contributed by atoms with Crippen LogP contribution in [0.5, 0.6) is 0 Å². The minimum Gasteiger partial charge on any atom is -0.334 e. The molecule has 2 unspecified atom stereocenters. The number of likely N-dealkylation sites (tertiary alicyclic amines) is 1. The van der Waals surface area contributed by atoms with Crippen LogP contribution < -0.4 is 5.73 Å². The van der Waals surface area contributed by atoms with E-state index in [1.54, 1.807) is 0 Å². The van der Waals surface area contributed by atoms with Gasteiger partial charge in [0.2, 0.25) is 0 Å². The van der Waals surface area contributed by atoms with Gasteiger partial charge in [0.25, 0.3) is 5.91 Å². The molecule has 1 aromatic carbocycles. The van der Waals surface area contributed by atoms with E-state index in [2.05, 4.69) is 15.5 Å². The van der Waals surface area contributed by atoms with Crippen molar-refractivity contribution in [1.29, 1.82) is 0 Å². The average molecular weight is 300 g/mol. The van der Waals surface area contributed by atoms with Crippen LogP contribution in [0, 0.1) is 0 Å². The Kier molecular flexibility index (Phi) is 4.15. The van der Waals surface area contributed by atoms with E-state index in [0.717, 1.165) is 31.5 Å². The maximum atomic E-state index is 12.8. The molecule has 0 aliphatic carbocycles. The first kappa shape index (κ1) is 14.6. The predicted molar refractivity (Wildman–Crippen MR) is 81.5 cm³/mol. The Labute approximate surface area is 129 Å². The van der Waals surface area contributed by atoms with Gasteiger partial charge in [-0.25, -0.2) is 4.68 Å². The van der Waals surface area contributed by atoms with Crippen LogP contribution in [0.15, 0.2) is 30.6 Å². The minimum absolute atomic E-state index is 0.0213. The van der Waals surface area contributed by atoms with Crippen LogP contribution in [0.3, 0.4) is 0 Å². The van der Waals surface area contributed by atoms with E-state index in [1.165, 1.54) is 11.0 Å². The summed E-state index contributed by atoms with van der Waals surface area (Å²) < 4.78 is 1.54. The number of piperidine rings is 1. The number of rotatable bonds is 3. The highest BCUT2D eigenvalue weighted by Gasteiger charge is 2.29. The zero-order valence-electron chi connectivity index (χ0n) is 12.6. The van der Waals surface area contributed by atoms with Crippen LogP contribution in [-0.4, -0.2) is 49.6 Å². The van der Waals surface area contributed by atoms with Gasteiger partial charge in [-0.1, -0.05) is 6.07 Å². The van der Waals surface area contributed by atoms with Gasteiger partial charge < -0.3 is 10.6 Å². The SMILES string of the molecule is CC(N)C1CCCCN1C(=O)c1cccc(-n2cnnn2)c1. The number of benzene rings is 1. The van der Waals surface area contributed by atoms with Crippen molar-refractivity contribution in [2.45, 2.75) is 38.3 Å². The van der Waals surface area contributed by atoms with Crippen molar-refractivity contribution in [2.75, 3.05) is 6.54 Å². The Bertz CT molecular complexity index is 639. The van der Waals surface area contributed by atoms with E-state index in [1.807, 2.05) is 36.1 Å². The third-order valence-corrected chi connectivity index (χ3v) is 4.12. The molecule has 2 aromatic rings. The molecule has 116 valence electrons. The highest BCUT2D eigenvalue weighted by molar-refractivity contribution is 5.95. The van der Waals surface area contributed by atoms with E-state index in [9.17, 15) is 4.79 Å². The zero-order chi connectivity index (χ0) is 15.5. The van der Waals surface area contributed by atoms with Crippen LogP contribution >= 0.6 is 0 Å². The molecule has 22 heavy (non-hydrogen) atoms. The van der Waals surface area contributed by atoms with E-state index < -0.39 is 0 Å². The highest BCUT2D eigenvalue weighted by atomic mass is 16.2. The molecular weight excluding hydrogens is 280 g/mol. The molecule has 1 amide bonds. The lowest BCUT2D eigenvalue weighted by atomic mass is 9.96. The molecular formula is C15H20N6O. The molecule has 1 aliphatic heterocycles. The molecule has 1 fully saturated rings. The molecule has 1 aliphatic rings. The highest BCUT2D eigenvalue weighted by Crippen LogP contribution is 2.22. The van der Waals surface area contributed by atoms with Crippen LogP contribution in [0.1, 0.15) is 36.5 Å². The summed E-state index contributed by atoms with van der Waals surface area (Å²) in [6.07, 6.45) is 4.63. The van der Waals surface area contributed by atoms with Gasteiger partial charge in [-0.05, 0) is 54.8 Å². The molecule has 0 bridgehead atoms. The van der Waals surface area contributed by atoms with Crippen LogP contribution in [0.2, 0.25) is 0 Å². The van der Waals surface area contributed by atoms with Gasteiger partial charge in [0, 0.05) is 24.2 Å². The van der Waals surface area contributed by atoms with Gasteiger partial charge in [0.05, 0.1) is 5.69 Å². The zero-order valence-corrected chi connectivity index (χ0v) is 12.6. The Morgan fingerprint density at radius 2 is 2.27 bits per heavy atom. The van der Waals surface area contributed by atoms with E-state index in [-0.39, 0.29) is 18.0 Å². The second-order valence-electron chi connectivity index (χ2n) is 5.73. The van der Waals surface area contributed by atoms with E-state index >= 15 is 0 Å². The topological polar surface area (TPSA) is 89.9 Å². The molecule has 0 radical (unpaired) electrons. The van der Waals surface area contributed by atoms with Crippen LogP contribution in [-0.2, 0) is 0 Å². The summed E-state index contributed by atoms with van der Waals surface area (Å²) in [7, 11) is 0. The number of nitrogens with two attached hydrogens (primary N) is 1. The number of tetrazole rings is 1. The summed E-state index contributed by atoms with van der Waals surface area (Å²) in [5.74, 6) is 0.0249. The smallest absolute Gasteiger partial charge is 0.254 e. The number of hydrogen-bond donors (Lipinski definition) is 1. The van der Waals surface area contributed by atoms with E-state index in [4.69, 9.17) is 5.73 Å². The lowest BCUT2D eigenvalue weighted by Crippen LogP contribution is -2.51. The van der Waals surface area contributed by atoms with Crippen LogP contribution in [0.25, 0.3) is 5.69 Å². The van der Waals surface area contributed by atoms with Gasteiger partial charge in [-0.3, -0.25) is 4.79 Å². The second kappa shape index (κ2) is 6.23. The maximum absolute atomic E-state index is 12.8. The summed E-state index contributed by atoms with van der Waals surface area (Å²) in [6.45, 7) is 2.73. The number of aromatic nitrogens is 4. The summed E-state index contributed by atoms with van der Waals surface area (Å²) in [4.78, 5) is 14.8. The summed E-state index contributed by atoms with van der Waals surface area (Å²) in [6, 6.07) is 7.43. The first-order valence-electron chi connectivity index (χ1n) is 7.57. The number of hydrogen-bond acceptors (Lipinski definition) is 5. The average Bonchev–Trinajstić information content (AvgIpc) is 3.09. The Morgan fingerprint density at radius 3 is 3.00 bits per heavy atom. The fourth-order valence-electron chi connectivity index (χ4n) is 2.98. The third-order valence-electron chi connectivity index (χ3n) is 4.12.